The van der Waals surface area contributed by atoms with Crippen LogP contribution >= 0.6 is 0 Å². The number of carbonyl (C=O) groups excluding carboxylic acids is 2. The van der Waals surface area contributed by atoms with Gasteiger partial charge in [0.1, 0.15) is 5.75 Å². The maximum atomic E-state index is 12.9. The summed E-state index contributed by atoms with van der Waals surface area (Å²) in [6, 6.07) is 4.60. The van der Waals surface area contributed by atoms with E-state index in [1.54, 1.807) is 17.6 Å². The third-order valence-electron chi connectivity index (χ3n) is 4.19. The molecule has 1 aliphatic rings. The molecule has 2 aromatic rings. The topological polar surface area (TPSA) is 71.8 Å². The number of phenolic OH excluding ortho intramolecular Hbond substituents is 1. The Labute approximate surface area is 134 Å². The molecule has 0 radical (unpaired) electrons. The highest BCUT2D eigenvalue weighted by Gasteiger charge is 2.25. The van der Waals surface area contributed by atoms with Gasteiger partial charge in [-0.2, -0.15) is 0 Å². The first-order valence-electron chi connectivity index (χ1n) is 7.81. The van der Waals surface area contributed by atoms with E-state index < -0.39 is 5.97 Å². The van der Waals surface area contributed by atoms with E-state index in [1.807, 2.05) is 4.90 Å². The molecular weight excluding hydrogens is 296 g/mol. The summed E-state index contributed by atoms with van der Waals surface area (Å²) < 4.78 is 6.86. The van der Waals surface area contributed by atoms with Gasteiger partial charge in [0, 0.05) is 25.4 Å². The lowest BCUT2D eigenvalue weighted by atomic mass is 10.1. The second kappa shape index (κ2) is 5.95. The number of esters is 1. The number of carbonyl (C=O) groups is 2. The number of nitrogens with zero attached hydrogens (tertiary/aromatic N) is 2. The summed E-state index contributed by atoms with van der Waals surface area (Å²) in [6.07, 6.45) is 3.14. The molecular formula is C17H20N2O4. The van der Waals surface area contributed by atoms with Crippen molar-refractivity contribution >= 4 is 22.9 Å². The number of ether oxygens (including phenoxy) is 1. The lowest BCUT2D eigenvalue weighted by molar-refractivity contribution is -0.131. The van der Waals surface area contributed by atoms with E-state index in [-0.39, 0.29) is 11.8 Å². The molecule has 122 valence electrons. The standard InChI is InChI=1S/C17H20N2O4/c1-11-16(23-12(2)20)14-10-13(21)6-7-15(14)19(11)17(22)18-8-4-3-5-9-18/h6-7,10,21H,3-5,8-9H2,1-2H3. The zero-order valence-electron chi connectivity index (χ0n) is 13.3. The lowest BCUT2D eigenvalue weighted by Crippen LogP contribution is -2.38. The summed E-state index contributed by atoms with van der Waals surface area (Å²) in [5.74, 6) is -0.0665. The van der Waals surface area contributed by atoms with Gasteiger partial charge in [0.2, 0.25) is 0 Å². The van der Waals surface area contributed by atoms with Gasteiger partial charge in [0.25, 0.3) is 0 Å². The molecule has 0 saturated carbocycles. The quantitative estimate of drug-likeness (QED) is 0.821. The Hall–Kier alpha value is -2.50. The SMILES string of the molecule is CC(=O)Oc1c(C)n(C(=O)N2CCCCC2)c2ccc(O)cc12. The third-order valence-corrected chi connectivity index (χ3v) is 4.19. The first kappa shape index (κ1) is 15.4. The summed E-state index contributed by atoms with van der Waals surface area (Å²) >= 11 is 0. The number of piperidine rings is 1. The fourth-order valence-electron chi connectivity index (χ4n) is 3.12. The highest BCUT2D eigenvalue weighted by Crippen LogP contribution is 2.35. The minimum absolute atomic E-state index is 0.0634. The number of benzene rings is 1. The van der Waals surface area contributed by atoms with Crippen LogP contribution in [0.1, 0.15) is 31.9 Å². The molecule has 1 N–H and O–H groups in total. The molecule has 1 aromatic carbocycles. The number of aromatic hydroxyl groups is 1. The zero-order chi connectivity index (χ0) is 16.6. The van der Waals surface area contributed by atoms with Gasteiger partial charge in [-0.25, -0.2) is 4.79 Å². The molecule has 1 aromatic heterocycles. The van der Waals surface area contributed by atoms with Crippen molar-refractivity contribution in [3.8, 4) is 11.5 Å². The van der Waals surface area contributed by atoms with Gasteiger partial charge < -0.3 is 14.7 Å². The Bertz CT molecular complexity index is 772. The van der Waals surface area contributed by atoms with Gasteiger partial charge in [-0.3, -0.25) is 9.36 Å². The average molecular weight is 316 g/mol. The molecule has 0 spiro atoms. The molecule has 0 aliphatic carbocycles. The van der Waals surface area contributed by atoms with Gasteiger partial charge in [-0.1, -0.05) is 0 Å². The summed E-state index contributed by atoms with van der Waals surface area (Å²) in [4.78, 5) is 26.1. The molecule has 0 bridgehead atoms. The van der Waals surface area contributed by atoms with E-state index in [4.69, 9.17) is 4.74 Å². The van der Waals surface area contributed by atoms with Gasteiger partial charge >= 0.3 is 12.0 Å². The molecule has 1 amide bonds. The van der Waals surface area contributed by atoms with Gasteiger partial charge in [0.15, 0.2) is 5.75 Å². The Morgan fingerprint density at radius 3 is 2.52 bits per heavy atom. The van der Waals surface area contributed by atoms with Gasteiger partial charge in [0.05, 0.1) is 11.2 Å². The largest absolute Gasteiger partial charge is 0.508 e. The lowest BCUT2D eigenvalue weighted by Gasteiger charge is -2.27. The predicted octanol–water partition coefficient (Wildman–Crippen LogP) is 3.03. The minimum Gasteiger partial charge on any atom is -0.508 e. The number of hydrogen-bond donors (Lipinski definition) is 1. The molecule has 0 atom stereocenters. The van der Waals surface area contributed by atoms with Crippen molar-refractivity contribution < 1.29 is 19.4 Å². The first-order valence-corrected chi connectivity index (χ1v) is 7.81. The predicted molar refractivity (Wildman–Crippen MR) is 85.9 cm³/mol. The number of fused-ring (bicyclic) bond motifs is 1. The van der Waals surface area contributed by atoms with Crippen LogP contribution in [-0.4, -0.2) is 39.7 Å². The average Bonchev–Trinajstić information content (AvgIpc) is 2.79. The zero-order valence-corrected chi connectivity index (χ0v) is 13.3. The van der Waals surface area contributed by atoms with Crippen molar-refractivity contribution in [2.45, 2.75) is 33.1 Å². The van der Waals surface area contributed by atoms with Crippen molar-refractivity contribution in [2.75, 3.05) is 13.1 Å². The Kier molecular flexibility index (Phi) is 3.98. The van der Waals surface area contributed by atoms with E-state index in [0.29, 0.717) is 22.3 Å². The third kappa shape index (κ3) is 2.76. The van der Waals surface area contributed by atoms with E-state index in [0.717, 1.165) is 32.4 Å². The fraction of sp³-hybridized carbons (Fsp3) is 0.412. The highest BCUT2D eigenvalue weighted by atomic mass is 16.5. The van der Waals surface area contributed by atoms with Crippen LogP contribution in [-0.2, 0) is 4.79 Å². The molecule has 1 saturated heterocycles. The normalized spacial score (nSPS) is 15.0. The van der Waals surface area contributed by atoms with Crippen LogP contribution in [0.25, 0.3) is 10.9 Å². The van der Waals surface area contributed by atoms with Crippen molar-refractivity contribution in [3.05, 3.63) is 23.9 Å². The maximum absolute atomic E-state index is 12.9. The fourth-order valence-corrected chi connectivity index (χ4v) is 3.12. The minimum atomic E-state index is -0.457. The van der Waals surface area contributed by atoms with Gasteiger partial charge in [-0.15, -0.1) is 0 Å². The Morgan fingerprint density at radius 2 is 1.87 bits per heavy atom. The number of aromatic nitrogens is 1. The van der Waals surface area contributed by atoms with Crippen LogP contribution in [0.3, 0.4) is 0 Å². The van der Waals surface area contributed by atoms with Crippen LogP contribution in [0, 0.1) is 6.92 Å². The highest BCUT2D eigenvalue weighted by molar-refractivity contribution is 5.99. The second-order valence-corrected chi connectivity index (χ2v) is 5.88. The van der Waals surface area contributed by atoms with E-state index in [1.165, 1.54) is 19.1 Å². The monoisotopic (exact) mass is 316 g/mol. The summed E-state index contributed by atoms with van der Waals surface area (Å²) in [5, 5.41) is 10.3. The molecule has 1 fully saturated rings. The Balaban J connectivity index is 2.14. The van der Waals surface area contributed by atoms with E-state index in [9.17, 15) is 14.7 Å². The van der Waals surface area contributed by atoms with Crippen molar-refractivity contribution in [1.82, 2.24) is 9.47 Å². The van der Waals surface area contributed by atoms with Crippen LogP contribution in [0.4, 0.5) is 4.79 Å². The number of hydrogen-bond acceptors (Lipinski definition) is 4. The van der Waals surface area contributed by atoms with Gasteiger partial charge in [-0.05, 0) is 44.4 Å². The van der Waals surface area contributed by atoms with Crippen molar-refractivity contribution in [1.29, 1.82) is 0 Å². The van der Waals surface area contributed by atoms with E-state index >= 15 is 0 Å². The molecule has 6 nitrogen and oxygen atoms in total. The summed E-state index contributed by atoms with van der Waals surface area (Å²) in [7, 11) is 0. The van der Waals surface area contributed by atoms with Crippen LogP contribution < -0.4 is 4.74 Å². The van der Waals surface area contributed by atoms with Crippen LogP contribution in [0.2, 0.25) is 0 Å². The first-order chi connectivity index (χ1) is 11.0. The number of likely N-dealkylation sites (tertiary alicyclic amines) is 1. The van der Waals surface area contributed by atoms with Crippen molar-refractivity contribution in [3.63, 3.8) is 0 Å². The van der Waals surface area contributed by atoms with Crippen LogP contribution in [0.5, 0.6) is 11.5 Å². The molecule has 0 unspecified atom stereocenters. The summed E-state index contributed by atoms with van der Waals surface area (Å²) in [6.45, 7) is 4.53. The molecule has 23 heavy (non-hydrogen) atoms. The summed E-state index contributed by atoms with van der Waals surface area (Å²) in [5.41, 5.74) is 1.20. The molecule has 6 heteroatoms. The number of rotatable bonds is 1. The molecule has 2 heterocycles. The van der Waals surface area contributed by atoms with E-state index in [2.05, 4.69) is 0 Å². The van der Waals surface area contributed by atoms with Crippen LogP contribution in [0.15, 0.2) is 18.2 Å². The smallest absolute Gasteiger partial charge is 0.328 e. The van der Waals surface area contributed by atoms with Crippen molar-refractivity contribution in [2.24, 2.45) is 0 Å². The molecule has 1 aliphatic heterocycles. The number of amides is 1. The second-order valence-electron chi connectivity index (χ2n) is 5.88. The number of phenols is 1. The maximum Gasteiger partial charge on any atom is 0.328 e. The Morgan fingerprint density at radius 1 is 1.17 bits per heavy atom. The molecule has 3 rings (SSSR count).